The smallest absolute Gasteiger partial charge is 0.153 e. The van der Waals surface area contributed by atoms with Gasteiger partial charge >= 0.3 is 0 Å². The summed E-state index contributed by atoms with van der Waals surface area (Å²) < 4.78 is 22.8. The van der Waals surface area contributed by atoms with Crippen molar-refractivity contribution in [3.8, 4) is 0 Å². The molecule has 0 aliphatic carbocycles. The van der Waals surface area contributed by atoms with Crippen molar-refractivity contribution in [2.75, 3.05) is 11.5 Å². The first-order chi connectivity index (χ1) is 7.34. The molecule has 3 nitrogen and oxygen atoms in total. The highest BCUT2D eigenvalue weighted by atomic mass is 35.5. The molecule has 0 amide bonds. The van der Waals surface area contributed by atoms with Crippen LogP contribution in [0.15, 0.2) is 18.2 Å². The Balaban J connectivity index is 2.49. The van der Waals surface area contributed by atoms with E-state index in [1.54, 1.807) is 18.2 Å². The van der Waals surface area contributed by atoms with Gasteiger partial charge in [0.25, 0.3) is 0 Å². The number of hydrogen-bond donors (Lipinski definition) is 1. The fourth-order valence-corrected chi connectivity index (χ4v) is 4.21. The van der Waals surface area contributed by atoms with Crippen molar-refractivity contribution in [2.45, 2.75) is 12.0 Å². The van der Waals surface area contributed by atoms with E-state index in [0.717, 1.165) is 0 Å². The Morgan fingerprint density at radius 1 is 1.31 bits per heavy atom. The summed E-state index contributed by atoms with van der Waals surface area (Å²) in [6, 6.07) is 4.85. The largest absolute Gasteiger partial charge is 0.384 e. The summed E-state index contributed by atoms with van der Waals surface area (Å²) in [7, 11) is -3.18. The van der Waals surface area contributed by atoms with E-state index >= 15 is 0 Å². The maximum Gasteiger partial charge on any atom is 0.153 e. The Hall–Kier alpha value is -0.290. The molecule has 1 heterocycles. The van der Waals surface area contributed by atoms with Crippen LogP contribution < -0.4 is 0 Å². The predicted molar refractivity (Wildman–Crippen MR) is 63.6 cm³/mol. The average molecular weight is 281 g/mol. The van der Waals surface area contributed by atoms with Crippen LogP contribution in [0.3, 0.4) is 0 Å². The molecule has 1 aliphatic rings. The number of sulfone groups is 1. The minimum atomic E-state index is -3.18. The fourth-order valence-electron chi connectivity index (χ4n) is 1.91. The fraction of sp³-hybridized carbons (Fsp3) is 0.400. The zero-order chi connectivity index (χ0) is 12.0. The van der Waals surface area contributed by atoms with Crippen LogP contribution in [0.1, 0.15) is 12.0 Å². The van der Waals surface area contributed by atoms with Crippen LogP contribution in [0.25, 0.3) is 0 Å². The maximum atomic E-state index is 11.4. The molecule has 6 heteroatoms. The highest BCUT2D eigenvalue weighted by Gasteiger charge is 2.43. The molecule has 0 spiro atoms. The summed E-state index contributed by atoms with van der Waals surface area (Å²) in [5.41, 5.74) is -1.01. The summed E-state index contributed by atoms with van der Waals surface area (Å²) in [6.45, 7) is 0. The van der Waals surface area contributed by atoms with Crippen molar-refractivity contribution in [2.24, 2.45) is 0 Å². The molecular formula is C10H10Cl2O3S. The van der Waals surface area contributed by atoms with Gasteiger partial charge in [-0.3, -0.25) is 0 Å². The van der Waals surface area contributed by atoms with Gasteiger partial charge in [-0.15, -0.1) is 0 Å². The second kappa shape index (κ2) is 3.88. The molecule has 0 bridgehead atoms. The second-order valence-electron chi connectivity index (χ2n) is 3.97. The lowest BCUT2D eigenvalue weighted by Crippen LogP contribution is -2.27. The minimum Gasteiger partial charge on any atom is -0.384 e. The topological polar surface area (TPSA) is 54.4 Å². The van der Waals surface area contributed by atoms with Gasteiger partial charge in [-0.25, -0.2) is 8.42 Å². The summed E-state index contributed by atoms with van der Waals surface area (Å²) in [5.74, 6) is -0.313. The number of halogens is 2. The standard InChI is InChI=1S/C10H10Cl2O3S/c11-8-3-1-2-7(9(8)12)10(13)4-5-16(14,15)6-10/h1-3,13H,4-6H2. The lowest BCUT2D eigenvalue weighted by molar-refractivity contribution is 0.0654. The van der Waals surface area contributed by atoms with Gasteiger partial charge in [0.2, 0.25) is 0 Å². The molecular weight excluding hydrogens is 271 g/mol. The minimum absolute atomic E-state index is 0.0215. The van der Waals surface area contributed by atoms with Gasteiger partial charge in [0.15, 0.2) is 9.84 Å². The molecule has 1 saturated heterocycles. The van der Waals surface area contributed by atoms with Crippen LogP contribution >= 0.6 is 23.2 Å². The number of hydrogen-bond acceptors (Lipinski definition) is 3. The molecule has 1 N–H and O–H groups in total. The SMILES string of the molecule is O=S1(=O)CCC(O)(c2cccc(Cl)c2Cl)C1. The molecule has 1 atom stereocenters. The van der Waals surface area contributed by atoms with E-state index in [9.17, 15) is 13.5 Å². The van der Waals surface area contributed by atoms with E-state index in [2.05, 4.69) is 0 Å². The molecule has 1 aromatic rings. The molecule has 1 fully saturated rings. The molecule has 1 unspecified atom stereocenters. The normalized spacial score (nSPS) is 28.2. The highest BCUT2D eigenvalue weighted by molar-refractivity contribution is 7.91. The molecule has 0 radical (unpaired) electrons. The Bertz CT molecular complexity index is 527. The van der Waals surface area contributed by atoms with Crippen molar-refractivity contribution >= 4 is 33.0 Å². The van der Waals surface area contributed by atoms with Crippen LogP contribution in [0.4, 0.5) is 0 Å². The molecule has 16 heavy (non-hydrogen) atoms. The number of aliphatic hydroxyl groups is 1. The zero-order valence-electron chi connectivity index (χ0n) is 8.28. The van der Waals surface area contributed by atoms with E-state index in [4.69, 9.17) is 23.2 Å². The second-order valence-corrected chi connectivity index (χ2v) is 6.94. The van der Waals surface area contributed by atoms with E-state index in [1.165, 1.54) is 0 Å². The van der Waals surface area contributed by atoms with Gasteiger partial charge in [0.05, 0.1) is 21.6 Å². The number of benzene rings is 1. The van der Waals surface area contributed by atoms with Crippen molar-refractivity contribution < 1.29 is 13.5 Å². The highest BCUT2D eigenvalue weighted by Crippen LogP contribution is 2.39. The zero-order valence-corrected chi connectivity index (χ0v) is 10.6. The van der Waals surface area contributed by atoms with Crippen LogP contribution in [-0.4, -0.2) is 25.0 Å². The first-order valence-corrected chi connectivity index (χ1v) is 7.29. The summed E-state index contributed by atoms with van der Waals surface area (Å²) in [4.78, 5) is 0. The Morgan fingerprint density at radius 3 is 2.56 bits per heavy atom. The first-order valence-electron chi connectivity index (χ1n) is 4.71. The van der Waals surface area contributed by atoms with Gasteiger partial charge in [-0.05, 0) is 12.5 Å². The van der Waals surface area contributed by atoms with Crippen LogP contribution in [0.2, 0.25) is 10.0 Å². The van der Waals surface area contributed by atoms with E-state index in [-0.39, 0.29) is 22.9 Å². The quantitative estimate of drug-likeness (QED) is 0.856. The third kappa shape index (κ3) is 2.07. The third-order valence-electron chi connectivity index (χ3n) is 2.74. The molecule has 2 rings (SSSR count). The Labute approximate surface area is 104 Å². The molecule has 1 aromatic carbocycles. The van der Waals surface area contributed by atoms with Crippen molar-refractivity contribution in [1.29, 1.82) is 0 Å². The van der Waals surface area contributed by atoms with E-state index in [0.29, 0.717) is 10.6 Å². The van der Waals surface area contributed by atoms with Crippen LogP contribution in [0.5, 0.6) is 0 Å². The lowest BCUT2D eigenvalue weighted by atomic mass is 9.93. The summed E-state index contributed by atoms with van der Waals surface area (Å²) in [6.07, 6.45) is 0.162. The van der Waals surface area contributed by atoms with Crippen molar-refractivity contribution in [1.82, 2.24) is 0 Å². The van der Waals surface area contributed by atoms with E-state index in [1.807, 2.05) is 0 Å². The Kier molecular flexibility index (Phi) is 2.95. The van der Waals surface area contributed by atoms with Gasteiger partial charge in [0.1, 0.15) is 5.60 Å². The van der Waals surface area contributed by atoms with Crippen LogP contribution in [0, 0.1) is 0 Å². The molecule has 0 saturated carbocycles. The lowest BCUT2D eigenvalue weighted by Gasteiger charge is -2.22. The molecule has 1 aliphatic heterocycles. The predicted octanol–water partition coefficient (Wildman–Crippen LogP) is 2.00. The van der Waals surface area contributed by atoms with Crippen molar-refractivity contribution in [3.05, 3.63) is 33.8 Å². The first kappa shape index (κ1) is 12.2. The monoisotopic (exact) mass is 280 g/mol. The number of rotatable bonds is 1. The van der Waals surface area contributed by atoms with Gasteiger partial charge in [0, 0.05) is 5.56 Å². The summed E-state index contributed by atoms with van der Waals surface area (Å²) >= 11 is 11.8. The maximum absolute atomic E-state index is 11.4. The molecule has 88 valence electrons. The average Bonchev–Trinajstić information content (AvgIpc) is 2.46. The van der Waals surface area contributed by atoms with E-state index < -0.39 is 15.4 Å². The Morgan fingerprint density at radius 2 is 2.00 bits per heavy atom. The van der Waals surface area contributed by atoms with Crippen LogP contribution in [-0.2, 0) is 15.4 Å². The molecule has 0 aromatic heterocycles. The third-order valence-corrected chi connectivity index (χ3v) is 5.30. The summed E-state index contributed by atoms with van der Waals surface area (Å²) in [5, 5.41) is 10.8. The van der Waals surface area contributed by atoms with Gasteiger partial charge in [-0.2, -0.15) is 0 Å². The van der Waals surface area contributed by atoms with Crippen molar-refractivity contribution in [3.63, 3.8) is 0 Å². The van der Waals surface area contributed by atoms with Gasteiger partial charge < -0.3 is 5.11 Å². The van der Waals surface area contributed by atoms with Gasteiger partial charge in [-0.1, -0.05) is 35.3 Å².